The molecule has 1 aliphatic rings. The molecule has 3 amide bonds. The highest BCUT2D eigenvalue weighted by atomic mass is 16.5. The van der Waals surface area contributed by atoms with Crippen LogP contribution in [0.4, 0.5) is 16.2 Å². The van der Waals surface area contributed by atoms with Gasteiger partial charge in [0.2, 0.25) is 5.91 Å². The van der Waals surface area contributed by atoms with Gasteiger partial charge in [-0.15, -0.1) is 0 Å². The molecule has 0 aromatic heterocycles. The molecule has 1 aliphatic heterocycles. The van der Waals surface area contributed by atoms with E-state index in [0.717, 1.165) is 25.2 Å². The normalized spacial score (nSPS) is 14.8. The zero-order valence-electron chi connectivity index (χ0n) is 17.0. The molecule has 0 atom stereocenters. The third kappa shape index (κ3) is 6.78. The first-order valence-electron chi connectivity index (χ1n) is 9.79. The first kappa shape index (κ1) is 22.1. The van der Waals surface area contributed by atoms with Crippen molar-refractivity contribution in [1.82, 2.24) is 9.80 Å². The molecule has 1 fully saturated rings. The number of carbonyl (C=O) groups excluding carboxylic acids is 2. The van der Waals surface area contributed by atoms with Crippen molar-refractivity contribution < 1.29 is 19.4 Å². The zero-order valence-corrected chi connectivity index (χ0v) is 17.0. The zero-order chi connectivity index (χ0) is 20.5. The van der Waals surface area contributed by atoms with Gasteiger partial charge in [0, 0.05) is 50.0 Å². The minimum absolute atomic E-state index is 0.0754. The van der Waals surface area contributed by atoms with Crippen LogP contribution in [-0.4, -0.2) is 79.4 Å². The van der Waals surface area contributed by atoms with E-state index in [9.17, 15) is 14.7 Å². The minimum Gasteiger partial charge on any atom is -0.395 e. The highest BCUT2D eigenvalue weighted by Crippen LogP contribution is 2.21. The van der Waals surface area contributed by atoms with E-state index in [4.69, 9.17) is 4.74 Å². The predicted molar refractivity (Wildman–Crippen MR) is 110 cm³/mol. The number of ether oxygens (including phenoxy) is 1. The van der Waals surface area contributed by atoms with Gasteiger partial charge in [0.1, 0.15) is 0 Å². The summed E-state index contributed by atoms with van der Waals surface area (Å²) in [5, 5.41) is 15.1. The van der Waals surface area contributed by atoms with E-state index in [-0.39, 0.29) is 31.0 Å². The van der Waals surface area contributed by atoms with Crippen molar-refractivity contribution in [1.29, 1.82) is 0 Å². The molecule has 0 saturated carbocycles. The maximum Gasteiger partial charge on any atom is 0.321 e. The van der Waals surface area contributed by atoms with Crippen LogP contribution in [0.2, 0.25) is 0 Å². The standard InChI is InChI=1S/C20H32N4O4/c1-15(2)19(26)21-17-5-4-16(3)18(14-17)22-20(27)24(8-11-25)7-6-23-9-12-28-13-10-23/h4-5,14-15,25H,6-13H2,1-3H3,(H,21,26)(H,22,27). The van der Waals surface area contributed by atoms with Gasteiger partial charge in [0.05, 0.1) is 19.8 Å². The smallest absolute Gasteiger partial charge is 0.321 e. The number of nitrogens with one attached hydrogen (secondary N) is 2. The number of aliphatic hydroxyl groups is 1. The van der Waals surface area contributed by atoms with Crippen LogP contribution in [0.15, 0.2) is 18.2 Å². The van der Waals surface area contributed by atoms with Crippen molar-refractivity contribution in [3.63, 3.8) is 0 Å². The van der Waals surface area contributed by atoms with Crippen molar-refractivity contribution in [3.8, 4) is 0 Å². The second-order valence-corrected chi connectivity index (χ2v) is 7.27. The maximum absolute atomic E-state index is 12.7. The third-order valence-corrected chi connectivity index (χ3v) is 4.72. The molecule has 0 unspecified atom stereocenters. The Bertz CT molecular complexity index is 660. The molecule has 0 radical (unpaired) electrons. The number of urea groups is 1. The highest BCUT2D eigenvalue weighted by Gasteiger charge is 2.17. The van der Waals surface area contributed by atoms with Gasteiger partial charge in [-0.2, -0.15) is 0 Å². The van der Waals surface area contributed by atoms with E-state index >= 15 is 0 Å². The lowest BCUT2D eigenvalue weighted by Gasteiger charge is -2.30. The first-order valence-corrected chi connectivity index (χ1v) is 9.79. The molecule has 2 rings (SSSR count). The van der Waals surface area contributed by atoms with Crippen LogP contribution in [0.1, 0.15) is 19.4 Å². The van der Waals surface area contributed by atoms with Crippen LogP contribution in [-0.2, 0) is 9.53 Å². The first-order chi connectivity index (χ1) is 13.4. The average Bonchev–Trinajstić information content (AvgIpc) is 2.68. The van der Waals surface area contributed by atoms with Crippen LogP contribution in [0.5, 0.6) is 0 Å². The molecule has 0 aliphatic carbocycles. The number of carbonyl (C=O) groups is 2. The summed E-state index contributed by atoms with van der Waals surface area (Å²) in [4.78, 5) is 28.5. The molecular weight excluding hydrogens is 360 g/mol. The molecule has 3 N–H and O–H groups in total. The Hall–Kier alpha value is -2.16. The van der Waals surface area contributed by atoms with Crippen LogP contribution in [0.25, 0.3) is 0 Å². The second kappa shape index (κ2) is 11.0. The molecule has 0 bridgehead atoms. The van der Waals surface area contributed by atoms with E-state index < -0.39 is 0 Å². The molecule has 1 saturated heterocycles. The second-order valence-electron chi connectivity index (χ2n) is 7.27. The summed E-state index contributed by atoms with van der Waals surface area (Å²) in [7, 11) is 0. The number of anilines is 2. The Morgan fingerprint density at radius 1 is 1.21 bits per heavy atom. The van der Waals surface area contributed by atoms with Gasteiger partial charge in [-0.25, -0.2) is 4.79 Å². The molecule has 1 heterocycles. The Kier molecular flexibility index (Phi) is 8.69. The maximum atomic E-state index is 12.7. The SMILES string of the molecule is Cc1ccc(NC(=O)C(C)C)cc1NC(=O)N(CCO)CCN1CCOCC1. The average molecular weight is 393 g/mol. The molecule has 156 valence electrons. The predicted octanol–water partition coefficient (Wildman–Crippen LogP) is 1.75. The van der Waals surface area contributed by atoms with Crippen LogP contribution in [0, 0.1) is 12.8 Å². The number of morpholine rings is 1. The summed E-state index contributed by atoms with van der Waals surface area (Å²) in [6, 6.07) is 5.16. The minimum atomic E-state index is -0.266. The Labute approximate surface area is 166 Å². The number of aliphatic hydroxyl groups excluding tert-OH is 1. The number of aryl methyl sites for hydroxylation is 1. The van der Waals surface area contributed by atoms with Crippen molar-refractivity contribution in [3.05, 3.63) is 23.8 Å². The van der Waals surface area contributed by atoms with Crippen molar-refractivity contribution in [2.45, 2.75) is 20.8 Å². The monoisotopic (exact) mass is 392 g/mol. The highest BCUT2D eigenvalue weighted by molar-refractivity contribution is 5.94. The summed E-state index contributed by atoms with van der Waals surface area (Å²) < 4.78 is 5.34. The third-order valence-electron chi connectivity index (χ3n) is 4.72. The number of hydrogen-bond acceptors (Lipinski definition) is 5. The fraction of sp³-hybridized carbons (Fsp3) is 0.600. The van der Waals surface area contributed by atoms with Gasteiger partial charge in [0.25, 0.3) is 0 Å². The lowest BCUT2D eigenvalue weighted by Crippen LogP contribution is -2.45. The van der Waals surface area contributed by atoms with Gasteiger partial charge in [-0.3, -0.25) is 9.69 Å². The number of rotatable bonds is 8. The number of amides is 3. The van der Waals surface area contributed by atoms with Crippen LogP contribution >= 0.6 is 0 Å². The van der Waals surface area contributed by atoms with E-state index in [0.29, 0.717) is 31.1 Å². The number of hydrogen-bond donors (Lipinski definition) is 3. The van der Waals surface area contributed by atoms with Crippen molar-refractivity contribution in [2.24, 2.45) is 5.92 Å². The number of nitrogens with zero attached hydrogens (tertiary/aromatic N) is 2. The quantitative estimate of drug-likeness (QED) is 0.627. The Balaban J connectivity index is 1.99. The van der Waals surface area contributed by atoms with Crippen molar-refractivity contribution >= 4 is 23.3 Å². The van der Waals surface area contributed by atoms with Gasteiger partial charge >= 0.3 is 6.03 Å². The Morgan fingerprint density at radius 3 is 2.57 bits per heavy atom. The van der Waals surface area contributed by atoms with Gasteiger partial charge in [0.15, 0.2) is 0 Å². The van der Waals surface area contributed by atoms with Gasteiger partial charge in [-0.1, -0.05) is 19.9 Å². The van der Waals surface area contributed by atoms with Crippen LogP contribution < -0.4 is 10.6 Å². The van der Waals surface area contributed by atoms with Crippen LogP contribution in [0.3, 0.4) is 0 Å². The largest absolute Gasteiger partial charge is 0.395 e. The Morgan fingerprint density at radius 2 is 1.93 bits per heavy atom. The van der Waals surface area contributed by atoms with E-state index in [2.05, 4.69) is 15.5 Å². The molecule has 0 spiro atoms. The van der Waals surface area contributed by atoms with Gasteiger partial charge < -0.3 is 25.4 Å². The lowest BCUT2D eigenvalue weighted by atomic mass is 10.1. The fourth-order valence-electron chi connectivity index (χ4n) is 2.84. The molecular formula is C20H32N4O4. The summed E-state index contributed by atoms with van der Waals surface area (Å²) in [6.07, 6.45) is 0. The summed E-state index contributed by atoms with van der Waals surface area (Å²) in [5.74, 6) is -0.201. The molecule has 1 aromatic rings. The summed E-state index contributed by atoms with van der Waals surface area (Å²) in [5.41, 5.74) is 2.18. The van der Waals surface area contributed by atoms with E-state index in [1.807, 2.05) is 32.9 Å². The van der Waals surface area contributed by atoms with Crippen molar-refractivity contribution in [2.75, 3.05) is 63.2 Å². The summed E-state index contributed by atoms with van der Waals surface area (Å²) >= 11 is 0. The molecule has 8 heteroatoms. The number of benzene rings is 1. The lowest BCUT2D eigenvalue weighted by molar-refractivity contribution is -0.118. The molecule has 1 aromatic carbocycles. The van der Waals surface area contributed by atoms with E-state index in [1.165, 1.54) is 0 Å². The fourth-order valence-corrected chi connectivity index (χ4v) is 2.84. The van der Waals surface area contributed by atoms with Gasteiger partial charge in [-0.05, 0) is 24.6 Å². The molecule has 8 nitrogen and oxygen atoms in total. The van der Waals surface area contributed by atoms with E-state index in [1.54, 1.807) is 11.0 Å². The topological polar surface area (TPSA) is 94.1 Å². The summed E-state index contributed by atoms with van der Waals surface area (Å²) in [6.45, 7) is 10.1. The molecule has 28 heavy (non-hydrogen) atoms.